The number of imidazole rings is 1. The quantitative estimate of drug-likeness (QED) is 0.146. The Morgan fingerprint density at radius 3 is 2.29 bits per heavy atom. The number of rotatable bonds is 11. The van der Waals surface area contributed by atoms with Gasteiger partial charge in [-0.1, -0.05) is 11.6 Å². The molecule has 58 heavy (non-hydrogen) atoms. The lowest BCUT2D eigenvalue weighted by molar-refractivity contribution is -0.141. The SMILES string of the molecule is CN(C)[C@@H](CC1CCN(CC(=O)O)CC1)C(=O)N1CCN(C(=O)c2ccc(NC(=O)c3ncc(-c4cn(-c5ccc(N)cc5F)nc4C(F)(F)F)n3C)cc2Cl)CC1. The third kappa shape index (κ3) is 9.26. The van der Waals surface area contributed by atoms with Crippen molar-refractivity contribution in [1.82, 2.24) is 38.9 Å². The summed E-state index contributed by atoms with van der Waals surface area (Å²) in [5.41, 5.74) is 3.87. The van der Waals surface area contributed by atoms with Crippen LogP contribution in [0.2, 0.25) is 5.02 Å². The number of nitrogens with one attached hydrogen (secondary N) is 1. The molecule has 0 unspecified atom stereocenters. The van der Waals surface area contributed by atoms with Gasteiger partial charge >= 0.3 is 12.1 Å². The second-order valence-corrected chi connectivity index (χ2v) is 15.1. The number of nitrogen functional groups attached to an aromatic ring is 1. The number of anilines is 2. The van der Waals surface area contributed by atoms with E-state index in [1.54, 1.807) is 9.80 Å². The van der Waals surface area contributed by atoms with Gasteiger partial charge in [-0.2, -0.15) is 18.3 Å². The molecule has 20 heteroatoms. The topological polar surface area (TPSA) is 175 Å². The Morgan fingerprint density at radius 1 is 1.02 bits per heavy atom. The Hall–Kier alpha value is -5.53. The number of amides is 3. The number of alkyl halides is 3. The highest BCUT2D eigenvalue weighted by Gasteiger charge is 2.39. The van der Waals surface area contributed by atoms with E-state index in [9.17, 15) is 36.7 Å². The van der Waals surface area contributed by atoms with Crippen LogP contribution in [0, 0.1) is 11.7 Å². The largest absolute Gasteiger partial charge is 0.480 e. The highest BCUT2D eigenvalue weighted by atomic mass is 35.5. The first-order valence-corrected chi connectivity index (χ1v) is 18.8. The van der Waals surface area contributed by atoms with Gasteiger partial charge in [-0.05, 0) is 88.8 Å². The lowest BCUT2D eigenvalue weighted by Crippen LogP contribution is -2.55. The summed E-state index contributed by atoms with van der Waals surface area (Å²) in [6, 6.07) is 7.40. The number of carboxylic acids is 1. The summed E-state index contributed by atoms with van der Waals surface area (Å²) in [7, 11) is 5.07. The van der Waals surface area contributed by atoms with Crippen LogP contribution in [0.3, 0.4) is 0 Å². The Balaban J connectivity index is 1.07. The standard InChI is InChI=1S/C38H43ClF4N10O5/c1-48(2)30(16-22-8-10-50(11-9-22)21-32(54)55)37(58)52-14-12-51(13-15-52)36(57)25-6-5-24(18-27(25)39)46-35(56)34-45-19-31(49(34)3)26-20-53(47-33(26)38(41,42)43)29-7-4-23(44)17-28(29)40/h4-7,17-20,22,30H,8-16,21,44H2,1-3H3,(H,46,56)(H,54,55)/t30-/m0/s1. The average molecular weight is 831 g/mol. The van der Waals surface area contributed by atoms with Gasteiger partial charge in [0.05, 0.1) is 40.6 Å². The number of nitrogens with zero attached hydrogens (tertiary/aromatic N) is 8. The van der Waals surface area contributed by atoms with E-state index in [-0.39, 0.29) is 82.6 Å². The summed E-state index contributed by atoms with van der Waals surface area (Å²) >= 11 is 6.53. The first-order chi connectivity index (χ1) is 27.4. The van der Waals surface area contributed by atoms with Crippen molar-refractivity contribution in [2.24, 2.45) is 13.0 Å². The van der Waals surface area contributed by atoms with E-state index in [2.05, 4.69) is 15.4 Å². The van der Waals surface area contributed by atoms with Crippen LogP contribution in [-0.4, -0.2) is 134 Å². The molecule has 0 saturated carbocycles. The lowest BCUT2D eigenvalue weighted by atomic mass is 9.89. The van der Waals surface area contributed by atoms with Gasteiger partial charge in [-0.15, -0.1) is 0 Å². The van der Waals surface area contributed by atoms with Crippen LogP contribution in [-0.2, 0) is 22.8 Å². The zero-order valence-electron chi connectivity index (χ0n) is 32.0. The van der Waals surface area contributed by atoms with Gasteiger partial charge in [0.1, 0.15) is 5.69 Å². The molecule has 2 aliphatic heterocycles. The fraction of sp³-hybridized carbons (Fsp3) is 0.421. The smallest absolute Gasteiger partial charge is 0.435 e. The average Bonchev–Trinajstić information content (AvgIpc) is 3.78. The van der Waals surface area contributed by atoms with Crippen LogP contribution < -0.4 is 11.1 Å². The number of hydrogen-bond acceptors (Lipinski definition) is 9. The zero-order valence-corrected chi connectivity index (χ0v) is 32.7. The van der Waals surface area contributed by atoms with Crippen molar-refractivity contribution in [3.05, 3.63) is 76.7 Å². The fourth-order valence-electron chi connectivity index (χ4n) is 7.36. The van der Waals surface area contributed by atoms with E-state index in [4.69, 9.17) is 22.4 Å². The van der Waals surface area contributed by atoms with Gasteiger partial charge in [0.25, 0.3) is 11.8 Å². The fourth-order valence-corrected chi connectivity index (χ4v) is 7.62. The van der Waals surface area contributed by atoms with E-state index in [0.717, 1.165) is 40.6 Å². The summed E-state index contributed by atoms with van der Waals surface area (Å²) in [5.74, 6) is -2.87. The monoisotopic (exact) mass is 830 g/mol. The molecule has 3 amide bonds. The van der Waals surface area contributed by atoms with Gasteiger partial charge in [-0.3, -0.25) is 29.0 Å². The van der Waals surface area contributed by atoms with Crippen LogP contribution in [0.5, 0.6) is 0 Å². The molecule has 2 fully saturated rings. The molecule has 1 atom stereocenters. The van der Waals surface area contributed by atoms with Gasteiger partial charge in [0.2, 0.25) is 5.91 Å². The summed E-state index contributed by atoms with van der Waals surface area (Å²) in [4.78, 5) is 62.8. The number of carbonyl (C=O) groups excluding carboxylic acids is 3. The Kier molecular flexibility index (Phi) is 12.4. The number of benzene rings is 2. The van der Waals surface area contributed by atoms with Gasteiger partial charge < -0.3 is 30.5 Å². The maximum atomic E-state index is 14.6. The van der Waals surface area contributed by atoms with Crippen LogP contribution in [0.4, 0.5) is 28.9 Å². The van der Waals surface area contributed by atoms with Crippen molar-refractivity contribution in [3.8, 4) is 16.9 Å². The number of nitrogens with two attached hydrogens (primary N) is 1. The van der Waals surface area contributed by atoms with E-state index in [0.29, 0.717) is 32.6 Å². The van der Waals surface area contributed by atoms with Crippen LogP contribution >= 0.6 is 11.6 Å². The molecular formula is C38H43ClF4N10O5. The Bertz CT molecular complexity index is 2190. The highest BCUT2D eigenvalue weighted by Crippen LogP contribution is 2.37. The lowest BCUT2D eigenvalue weighted by Gasteiger charge is -2.39. The number of hydrogen-bond donors (Lipinski definition) is 3. The van der Waals surface area contributed by atoms with E-state index >= 15 is 0 Å². The first kappa shape index (κ1) is 42.1. The molecule has 2 aromatic heterocycles. The van der Waals surface area contributed by atoms with E-state index < -0.39 is 35.1 Å². The van der Waals surface area contributed by atoms with Crippen molar-refractivity contribution in [2.45, 2.75) is 31.5 Å². The minimum absolute atomic E-state index is 0.0130. The maximum absolute atomic E-state index is 14.6. The summed E-state index contributed by atoms with van der Waals surface area (Å²) < 4.78 is 58.8. The number of piperidine rings is 1. The van der Waals surface area contributed by atoms with Gasteiger partial charge in [0, 0.05) is 50.8 Å². The normalized spacial score (nSPS) is 16.2. The predicted octanol–water partition coefficient (Wildman–Crippen LogP) is 4.32. The van der Waals surface area contributed by atoms with Crippen molar-refractivity contribution >= 4 is 46.7 Å². The second-order valence-electron chi connectivity index (χ2n) is 14.7. The Morgan fingerprint density at radius 2 is 1.69 bits per heavy atom. The zero-order chi connectivity index (χ0) is 42.1. The molecule has 4 aromatic rings. The number of likely N-dealkylation sites (N-methyl/N-ethyl adjacent to an activating group) is 1. The predicted molar refractivity (Wildman–Crippen MR) is 206 cm³/mol. The molecule has 2 saturated heterocycles. The molecule has 310 valence electrons. The third-order valence-corrected chi connectivity index (χ3v) is 10.8. The molecule has 0 spiro atoms. The molecule has 15 nitrogen and oxygen atoms in total. The van der Waals surface area contributed by atoms with E-state index in [1.807, 2.05) is 23.9 Å². The van der Waals surface area contributed by atoms with Crippen molar-refractivity contribution in [2.75, 3.05) is 71.0 Å². The number of piperazine rings is 1. The van der Waals surface area contributed by atoms with Crippen molar-refractivity contribution < 1.29 is 41.8 Å². The second kappa shape index (κ2) is 17.1. The number of carboxylic acid groups (broad SMARTS) is 1. The maximum Gasteiger partial charge on any atom is 0.435 e. The summed E-state index contributed by atoms with van der Waals surface area (Å²) in [5, 5.41) is 15.3. The molecule has 4 N–H and O–H groups in total. The number of aromatic nitrogens is 4. The molecule has 0 bridgehead atoms. The minimum Gasteiger partial charge on any atom is -0.480 e. The van der Waals surface area contributed by atoms with Crippen molar-refractivity contribution in [1.29, 1.82) is 0 Å². The van der Waals surface area contributed by atoms with E-state index in [1.165, 1.54) is 37.4 Å². The summed E-state index contributed by atoms with van der Waals surface area (Å²) in [6.07, 6.45) is -0.581. The molecule has 0 aliphatic carbocycles. The van der Waals surface area contributed by atoms with Gasteiger partial charge in [0.15, 0.2) is 17.3 Å². The molecule has 0 radical (unpaired) electrons. The third-order valence-electron chi connectivity index (χ3n) is 10.5. The molecule has 6 rings (SSSR count). The number of halogens is 5. The van der Waals surface area contributed by atoms with Crippen LogP contribution in [0.1, 0.15) is 45.9 Å². The van der Waals surface area contributed by atoms with Gasteiger partial charge in [-0.25, -0.2) is 14.1 Å². The summed E-state index contributed by atoms with van der Waals surface area (Å²) in [6.45, 7) is 2.57. The number of likely N-dealkylation sites (tertiary alicyclic amines) is 1. The molecule has 2 aliphatic rings. The highest BCUT2D eigenvalue weighted by molar-refractivity contribution is 6.34. The number of aliphatic carboxylic acids is 1. The molecule has 2 aromatic carbocycles. The minimum atomic E-state index is -4.93. The van der Waals surface area contributed by atoms with Crippen LogP contribution in [0.25, 0.3) is 16.9 Å². The first-order valence-electron chi connectivity index (χ1n) is 18.4. The molecular weight excluding hydrogens is 788 g/mol. The molecule has 4 heterocycles. The Labute approximate surface area is 335 Å². The van der Waals surface area contributed by atoms with Crippen molar-refractivity contribution in [3.63, 3.8) is 0 Å². The van der Waals surface area contributed by atoms with Crippen LogP contribution in [0.15, 0.2) is 48.8 Å². The number of carbonyl (C=O) groups is 4.